The summed E-state index contributed by atoms with van der Waals surface area (Å²) >= 11 is 1.49. The molecule has 0 aliphatic rings. The number of hydrogen-bond acceptors (Lipinski definition) is 6. The monoisotopic (exact) mass is 474 g/mol. The zero-order valence-electron chi connectivity index (χ0n) is 20.4. The second-order valence-corrected chi connectivity index (χ2v) is 10.0. The minimum absolute atomic E-state index is 0.230. The fourth-order valence-electron chi connectivity index (χ4n) is 3.11. The quantitative estimate of drug-likeness (QED) is 0.240. The van der Waals surface area contributed by atoms with Crippen LogP contribution < -0.4 is 21.7 Å². The van der Waals surface area contributed by atoms with Gasteiger partial charge in [-0.05, 0) is 42.6 Å². The van der Waals surface area contributed by atoms with Gasteiger partial charge in [0.2, 0.25) is 17.7 Å². The predicted molar refractivity (Wildman–Crippen MR) is 128 cm³/mol. The van der Waals surface area contributed by atoms with Gasteiger partial charge in [0.25, 0.3) is 0 Å². The van der Waals surface area contributed by atoms with Crippen LogP contribution in [0.5, 0.6) is 0 Å². The summed E-state index contributed by atoms with van der Waals surface area (Å²) in [6, 6.07) is -3.56. The van der Waals surface area contributed by atoms with E-state index in [1.165, 1.54) is 11.8 Å². The molecule has 9 nitrogen and oxygen atoms in total. The first kappa shape index (κ1) is 30.2. The van der Waals surface area contributed by atoms with E-state index in [1.54, 1.807) is 13.8 Å². The summed E-state index contributed by atoms with van der Waals surface area (Å²) in [4.78, 5) is 49.9. The van der Waals surface area contributed by atoms with Crippen LogP contribution >= 0.6 is 11.8 Å². The largest absolute Gasteiger partial charge is 0.480 e. The van der Waals surface area contributed by atoms with Crippen molar-refractivity contribution in [1.82, 2.24) is 16.0 Å². The van der Waals surface area contributed by atoms with Gasteiger partial charge in [0.15, 0.2) is 0 Å². The summed E-state index contributed by atoms with van der Waals surface area (Å²) in [7, 11) is 0. The van der Waals surface area contributed by atoms with E-state index in [2.05, 4.69) is 16.0 Å². The number of carboxylic acid groups (broad SMARTS) is 1. The van der Waals surface area contributed by atoms with Crippen LogP contribution in [0.3, 0.4) is 0 Å². The molecule has 0 aliphatic carbocycles. The Morgan fingerprint density at radius 2 is 1.44 bits per heavy atom. The SMILES string of the molecule is CCC(C)C(NC(=O)C(NC(=O)C(N)CC(C)C)C(C)C)C(=O)NC(CCSC)C(=O)O. The molecule has 0 saturated carbocycles. The van der Waals surface area contributed by atoms with Gasteiger partial charge in [-0.1, -0.05) is 48.0 Å². The van der Waals surface area contributed by atoms with Crippen molar-refractivity contribution < 1.29 is 24.3 Å². The second-order valence-electron chi connectivity index (χ2n) is 9.02. The Morgan fingerprint density at radius 1 is 0.906 bits per heavy atom. The van der Waals surface area contributed by atoms with Crippen LogP contribution in [0.15, 0.2) is 0 Å². The summed E-state index contributed by atoms with van der Waals surface area (Å²) < 4.78 is 0. The van der Waals surface area contributed by atoms with E-state index < -0.39 is 47.9 Å². The Labute approximate surface area is 196 Å². The van der Waals surface area contributed by atoms with Gasteiger partial charge >= 0.3 is 5.97 Å². The number of thioether (sulfide) groups is 1. The molecule has 0 aromatic heterocycles. The molecule has 32 heavy (non-hydrogen) atoms. The fourth-order valence-corrected chi connectivity index (χ4v) is 3.58. The number of carboxylic acids is 1. The number of hydrogen-bond donors (Lipinski definition) is 5. The lowest BCUT2D eigenvalue weighted by Crippen LogP contribution is -2.59. The van der Waals surface area contributed by atoms with Gasteiger partial charge in [-0.25, -0.2) is 4.79 Å². The van der Waals surface area contributed by atoms with Gasteiger partial charge in [0.05, 0.1) is 6.04 Å². The van der Waals surface area contributed by atoms with Crippen LogP contribution in [0.25, 0.3) is 0 Å². The van der Waals surface area contributed by atoms with Crippen LogP contribution in [0.1, 0.15) is 60.8 Å². The third kappa shape index (κ3) is 10.7. The van der Waals surface area contributed by atoms with Crippen molar-refractivity contribution in [2.75, 3.05) is 12.0 Å². The molecule has 5 unspecified atom stereocenters. The summed E-state index contributed by atoms with van der Waals surface area (Å²) in [5.41, 5.74) is 5.94. The molecule has 10 heteroatoms. The van der Waals surface area contributed by atoms with Crippen LogP contribution in [0, 0.1) is 17.8 Å². The molecule has 0 saturated heterocycles. The molecule has 0 radical (unpaired) electrons. The van der Waals surface area contributed by atoms with Crippen LogP contribution in [-0.4, -0.2) is 65.0 Å². The van der Waals surface area contributed by atoms with E-state index in [4.69, 9.17) is 5.73 Å². The predicted octanol–water partition coefficient (Wildman–Crippen LogP) is 1.35. The zero-order chi connectivity index (χ0) is 25.0. The van der Waals surface area contributed by atoms with Gasteiger partial charge in [-0.15, -0.1) is 0 Å². The minimum atomic E-state index is -1.12. The van der Waals surface area contributed by atoms with Gasteiger partial charge < -0.3 is 26.8 Å². The van der Waals surface area contributed by atoms with Crippen molar-refractivity contribution in [1.29, 1.82) is 0 Å². The summed E-state index contributed by atoms with van der Waals surface area (Å²) in [6.45, 7) is 11.2. The number of carbonyl (C=O) groups is 4. The van der Waals surface area contributed by atoms with E-state index >= 15 is 0 Å². The van der Waals surface area contributed by atoms with Crippen molar-refractivity contribution in [2.24, 2.45) is 23.5 Å². The molecular formula is C22H42N4O5S. The Bertz CT molecular complexity index is 629. The van der Waals surface area contributed by atoms with Gasteiger partial charge in [0.1, 0.15) is 18.1 Å². The van der Waals surface area contributed by atoms with Crippen molar-refractivity contribution in [3.63, 3.8) is 0 Å². The highest BCUT2D eigenvalue weighted by atomic mass is 32.2. The van der Waals surface area contributed by atoms with Crippen molar-refractivity contribution >= 4 is 35.5 Å². The number of rotatable bonds is 15. The molecule has 0 aromatic carbocycles. The Kier molecular flexibility index (Phi) is 14.2. The maximum absolute atomic E-state index is 13.0. The highest BCUT2D eigenvalue weighted by Crippen LogP contribution is 2.12. The summed E-state index contributed by atoms with van der Waals surface area (Å²) in [6.07, 6.45) is 3.22. The molecule has 0 aromatic rings. The third-order valence-corrected chi connectivity index (χ3v) is 5.97. The number of carbonyl (C=O) groups excluding carboxylic acids is 3. The lowest BCUT2D eigenvalue weighted by Gasteiger charge is -2.29. The van der Waals surface area contributed by atoms with E-state index in [0.29, 0.717) is 18.6 Å². The molecule has 3 amide bonds. The van der Waals surface area contributed by atoms with E-state index in [1.807, 2.05) is 34.0 Å². The molecule has 186 valence electrons. The fraction of sp³-hybridized carbons (Fsp3) is 0.818. The highest BCUT2D eigenvalue weighted by molar-refractivity contribution is 7.98. The first-order valence-corrected chi connectivity index (χ1v) is 12.6. The average Bonchev–Trinajstić information content (AvgIpc) is 2.70. The van der Waals surface area contributed by atoms with Gasteiger partial charge in [-0.3, -0.25) is 14.4 Å². The number of aliphatic carboxylic acids is 1. The van der Waals surface area contributed by atoms with E-state index in [0.717, 1.165) is 0 Å². The van der Waals surface area contributed by atoms with Crippen LogP contribution in [0.4, 0.5) is 0 Å². The van der Waals surface area contributed by atoms with E-state index in [-0.39, 0.29) is 24.2 Å². The first-order valence-electron chi connectivity index (χ1n) is 11.2. The molecule has 5 atom stereocenters. The molecule has 0 heterocycles. The van der Waals surface area contributed by atoms with Crippen molar-refractivity contribution in [2.45, 2.75) is 85.0 Å². The standard InChI is InChI=1S/C22H42N4O5S/c1-8-14(6)18(21(29)24-16(22(30)31)9-10-32-7)26-20(28)17(13(4)5)25-19(27)15(23)11-12(2)3/h12-18H,8-11,23H2,1-7H3,(H,24,29)(H,25,27)(H,26,28)(H,30,31). The Balaban J connectivity index is 5.43. The van der Waals surface area contributed by atoms with Gasteiger partial charge in [0, 0.05) is 0 Å². The lowest BCUT2D eigenvalue weighted by atomic mass is 9.95. The highest BCUT2D eigenvalue weighted by Gasteiger charge is 2.33. The minimum Gasteiger partial charge on any atom is -0.480 e. The molecular weight excluding hydrogens is 432 g/mol. The Hall–Kier alpha value is -1.81. The smallest absolute Gasteiger partial charge is 0.326 e. The first-order chi connectivity index (χ1) is 14.8. The number of amides is 3. The number of nitrogens with one attached hydrogen (secondary N) is 3. The van der Waals surface area contributed by atoms with E-state index in [9.17, 15) is 24.3 Å². The second kappa shape index (κ2) is 15.1. The summed E-state index contributed by atoms with van der Waals surface area (Å²) in [5.74, 6) is -2.25. The van der Waals surface area contributed by atoms with Gasteiger partial charge in [-0.2, -0.15) is 11.8 Å². The molecule has 0 spiro atoms. The van der Waals surface area contributed by atoms with Crippen molar-refractivity contribution in [3.05, 3.63) is 0 Å². The molecule has 0 rings (SSSR count). The molecule has 0 bridgehead atoms. The lowest BCUT2D eigenvalue weighted by molar-refractivity contribution is -0.142. The average molecular weight is 475 g/mol. The van der Waals surface area contributed by atoms with Crippen LogP contribution in [0.2, 0.25) is 0 Å². The maximum atomic E-state index is 13.0. The normalized spacial score (nSPS) is 16.1. The topological polar surface area (TPSA) is 151 Å². The Morgan fingerprint density at radius 3 is 1.88 bits per heavy atom. The summed E-state index contributed by atoms with van der Waals surface area (Å²) in [5, 5.41) is 17.4. The molecule has 6 N–H and O–H groups in total. The zero-order valence-corrected chi connectivity index (χ0v) is 21.3. The van der Waals surface area contributed by atoms with Crippen LogP contribution in [-0.2, 0) is 19.2 Å². The molecule has 0 fully saturated rings. The third-order valence-electron chi connectivity index (χ3n) is 5.33. The van der Waals surface area contributed by atoms with Crippen molar-refractivity contribution in [3.8, 4) is 0 Å². The maximum Gasteiger partial charge on any atom is 0.326 e. The number of nitrogens with two attached hydrogens (primary N) is 1. The molecule has 0 aliphatic heterocycles.